The van der Waals surface area contributed by atoms with Gasteiger partial charge in [-0.15, -0.1) is 0 Å². The molecule has 4 aromatic rings. The number of aromatic nitrogens is 2. The number of benzene rings is 2. The van der Waals surface area contributed by atoms with Gasteiger partial charge in [-0.2, -0.15) is 0 Å². The molecule has 2 aliphatic heterocycles. The Labute approximate surface area is 390 Å². The Kier molecular flexibility index (Phi) is 15.1. The van der Waals surface area contributed by atoms with Crippen LogP contribution in [0.2, 0.25) is 0 Å². The number of hydroxylamine groups is 2. The van der Waals surface area contributed by atoms with Crippen LogP contribution in [0.3, 0.4) is 0 Å². The molecular weight excluding hydrogens is 905 g/mol. The monoisotopic (exact) mass is 960 g/mol. The average Bonchev–Trinajstić information content (AvgIpc) is 4.02. The lowest BCUT2D eigenvalue weighted by molar-refractivity contribution is -0.132. The van der Waals surface area contributed by atoms with Crippen LogP contribution in [-0.4, -0.2) is 122 Å². The molecule has 0 bridgehead atoms. The molecule has 2 aromatic carbocycles. The van der Waals surface area contributed by atoms with Gasteiger partial charge in [0.15, 0.2) is 29.2 Å². The molecule has 0 unspecified atom stereocenters. The minimum Gasteiger partial charge on any atom is -0.395 e. The number of hydrogen-bond acceptors (Lipinski definition) is 12. The molecule has 0 aliphatic carbocycles. The lowest BCUT2D eigenvalue weighted by atomic mass is 9.85. The van der Waals surface area contributed by atoms with Crippen LogP contribution in [0.1, 0.15) is 99.2 Å². The summed E-state index contributed by atoms with van der Waals surface area (Å²) in [7, 11) is -7.68. The van der Waals surface area contributed by atoms with Gasteiger partial charge in [0.25, 0.3) is 11.8 Å². The van der Waals surface area contributed by atoms with Gasteiger partial charge in [-0.3, -0.25) is 29.1 Å². The van der Waals surface area contributed by atoms with Crippen molar-refractivity contribution in [3.8, 4) is 23.7 Å². The highest BCUT2D eigenvalue weighted by Gasteiger charge is 2.45. The predicted molar refractivity (Wildman–Crippen MR) is 247 cm³/mol. The van der Waals surface area contributed by atoms with E-state index < -0.39 is 46.6 Å². The summed E-state index contributed by atoms with van der Waals surface area (Å²) in [6.07, 6.45) is 4.76. The third-order valence-electron chi connectivity index (χ3n) is 12.3. The van der Waals surface area contributed by atoms with Crippen molar-refractivity contribution in [1.29, 1.82) is 0 Å². The van der Waals surface area contributed by atoms with Crippen molar-refractivity contribution in [1.82, 2.24) is 29.9 Å². The summed E-state index contributed by atoms with van der Waals surface area (Å²) in [4.78, 5) is 52.3. The number of aliphatic hydroxyl groups is 2. The third-order valence-corrected chi connectivity index (χ3v) is 16.4. The number of amides is 4. The Bertz CT molecular complexity index is 2910. The van der Waals surface area contributed by atoms with Gasteiger partial charge in [-0.1, -0.05) is 61.8 Å². The lowest BCUT2D eigenvalue weighted by Crippen LogP contribution is -2.50. The minimum atomic E-state index is -3.84. The highest BCUT2D eigenvalue weighted by Crippen LogP contribution is 2.28. The third kappa shape index (κ3) is 11.3. The fraction of sp³-hybridized carbons (Fsp3) is 0.404. The van der Waals surface area contributed by atoms with Gasteiger partial charge in [-0.25, -0.2) is 37.4 Å². The van der Waals surface area contributed by atoms with Crippen LogP contribution in [0.4, 0.5) is 9.59 Å². The molecule has 4 amide bonds. The van der Waals surface area contributed by atoms with E-state index >= 15 is 0 Å². The predicted octanol–water partition coefficient (Wildman–Crippen LogP) is 3.24. The maximum atomic E-state index is 12.8. The maximum absolute atomic E-state index is 12.8. The normalized spacial score (nSPS) is 15.4. The molecule has 0 spiro atoms. The number of aliphatic hydroxyl groups excluding tert-OH is 1. The van der Waals surface area contributed by atoms with Gasteiger partial charge in [0.2, 0.25) is 0 Å². The van der Waals surface area contributed by atoms with E-state index in [1.54, 1.807) is 38.4 Å². The van der Waals surface area contributed by atoms with E-state index in [9.17, 15) is 46.2 Å². The van der Waals surface area contributed by atoms with Crippen molar-refractivity contribution >= 4 is 43.6 Å². The van der Waals surface area contributed by atoms with E-state index in [0.717, 1.165) is 34.8 Å². The van der Waals surface area contributed by atoms with Gasteiger partial charge >= 0.3 is 12.1 Å². The van der Waals surface area contributed by atoms with Crippen molar-refractivity contribution in [2.75, 3.05) is 32.2 Å². The van der Waals surface area contributed by atoms with Crippen LogP contribution in [0.25, 0.3) is 0 Å². The lowest BCUT2D eigenvalue weighted by Gasteiger charge is -2.27. The fourth-order valence-corrected chi connectivity index (χ4v) is 8.84. The largest absolute Gasteiger partial charge is 0.395 e. The van der Waals surface area contributed by atoms with Crippen molar-refractivity contribution < 1.29 is 56.6 Å². The Morgan fingerprint density at radius 2 is 0.955 bits per heavy atom. The first kappa shape index (κ1) is 51.7. The van der Waals surface area contributed by atoms with E-state index in [4.69, 9.17) is 10.4 Å². The molecule has 0 fully saturated rings. The molecule has 20 heteroatoms. The molecule has 0 radical (unpaired) electrons. The number of nitrogens with one attached hydrogen (secondary N) is 2. The zero-order valence-electron chi connectivity index (χ0n) is 38.5. The smallest absolute Gasteiger partial charge is 0.328 e. The summed E-state index contributed by atoms with van der Waals surface area (Å²) < 4.78 is 47.6. The van der Waals surface area contributed by atoms with Gasteiger partial charge in [0.05, 0.1) is 25.3 Å². The number of fused-ring (bicyclic) bond motifs is 2. The number of carbonyl (C=O) groups excluding carboxylic acids is 4. The molecule has 2 atom stereocenters. The van der Waals surface area contributed by atoms with E-state index in [-0.39, 0.29) is 63.1 Å². The van der Waals surface area contributed by atoms with Gasteiger partial charge in [0.1, 0.15) is 0 Å². The molecule has 6 rings (SSSR count). The molecular formula is C47H56N6O12S2. The summed E-state index contributed by atoms with van der Waals surface area (Å²) in [6.45, 7) is 10.4. The Hall–Kier alpha value is -6.26. The zero-order chi connectivity index (χ0) is 49.9. The highest BCUT2D eigenvalue weighted by atomic mass is 32.2. The molecule has 2 aromatic heterocycles. The second-order valence-electron chi connectivity index (χ2n) is 18.2. The van der Waals surface area contributed by atoms with Gasteiger partial charge in [0, 0.05) is 77.1 Å². The average molecular weight is 961 g/mol. The van der Waals surface area contributed by atoms with Crippen LogP contribution in [0.15, 0.2) is 73.1 Å². The van der Waals surface area contributed by atoms with Crippen LogP contribution in [0, 0.1) is 23.7 Å². The second kappa shape index (κ2) is 19.5. The standard InChI is InChI=1S/C24H29N3O6S.C23H27N3O6S/c1-23(2,16-28)19-9-7-17(8-10-19)5-6-18-13-20-15-26(22(30)27(20)14-18)12-11-24(3,21(29)25-31)34(4,32)33;1-22(2,29)18-9-7-16(8-10-18)5-6-17-13-19-15-25(21(28)26(19)14-17)12-11-23(3,20(27)24-30)33(4,31)32/h7-10,13-14,28,31H,11-12,15-16H2,1-4H3,(H,25,29);7-10,13-14,29-30H,11-12,15H2,1-4H3,(H,24,27)/t24-;23-/m11/s1. The van der Waals surface area contributed by atoms with E-state index in [1.807, 2.05) is 62.4 Å². The van der Waals surface area contributed by atoms with E-state index in [0.29, 0.717) is 22.5 Å². The van der Waals surface area contributed by atoms with Gasteiger partial charge < -0.3 is 20.0 Å². The van der Waals surface area contributed by atoms with Crippen LogP contribution < -0.4 is 11.0 Å². The molecule has 6 N–H and O–H groups in total. The molecule has 67 heavy (non-hydrogen) atoms. The highest BCUT2D eigenvalue weighted by molar-refractivity contribution is 7.93. The number of hydrogen-bond donors (Lipinski definition) is 6. The summed E-state index contributed by atoms with van der Waals surface area (Å²) in [5.41, 5.74) is 7.66. The van der Waals surface area contributed by atoms with Crippen molar-refractivity contribution in [3.05, 3.63) is 118 Å². The van der Waals surface area contributed by atoms with Crippen molar-refractivity contribution in [3.63, 3.8) is 0 Å². The van der Waals surface area contributed by atoms with Crippen LogP contribution in [-0.2, 0) is 53.4 Å². The van der Waals surface area contributed by atoms with Gasteiger partial charge in [-0.05, 0) is 88.1 Å². The van der Waals surface area contributed by atoms with E-state index in [2.05, 4.69) is 23.7 Å². The Balaban J connectivity index is 0.000000251. The summed E-state index contributed by atoms with van der Waals surface area (Å²) in [6, 6.07) is 17.8. The number of carbonyl (C=O) groups is 4. The van der Waals surface area contributed by atoms with E-state index in [1.165, 1.54) is 43.7 Å². The number of sulfone groups is 2. The Morgan fingerprint density at radius 3 is 1.25 bits per heavy atom. The Morgan fingerprint density at radius 1 is 0.612 bits per heavy atom. The topological polar surface area (TPSA) is 258 Å². The van der Waals surface area contributed by atoms with Crippen LogP contribution in [0.5, 0.6) is 0 Å². The molecule has 0 saturated heterocycles. The minimum absolute atomic E-state index is 0.0199. The van der Waals surface area contributed by atoms with Crippen molar-refractivity contribution in [2.45, 2.75) is 88.0 Å². The molecule has 358 valence electrons. The first-order valence-electron chi connectivity index (χ1n) is 21.0. The summed E-state index contributed by atoms with van der Waals surface area (Å²) >= 11 is 0. The summed E-state index contributed by atoms with van der Waals surface area (Å²) in [5.74, 6) is 10.1. The quantitative estimate of drug-likeness (QED) is 0.0642. The fourth-order valence-electron chi connectivity index (χ4n) is 7.15. The first-order valence-corrected chi connectivity index (χ1v) is 24.7. The molecule has 0 saturated carbocycles. The summed E-state index contributed by atoms with van der Waals surface area (Å²) in [5, 5.41) is 37.4. The number of rotatable bonds is 13. The number of nitrogens with zero attached hydrogens (tertiary/aromatic N) is 4. The zero-order valence-corrected chi connectivity index (χ0v) is 40.2. The second-order valence-corrected chi connectivity index (χ2v) is 23.1. The molecule has 4 heterocycles. The SMILES string of the molecule is CC(C)(CO)c1ccc(C#Cc2cc3n(c2)C(=O)N(CC[C@](C)(C(=O)NO)S(C)(=O)=O)C3)cc1.CC(C)(O)c1ccc(C#Cc2cc3n(c2)C(=O)N(CC[C@](C)(C(=O)NO)S(C)(=O)=O)C3)cc1. The van der Waals surface area contributed by atoms with Crippen molar-refractivity contribution in [2.24, 2.45) is 0 Å². The first-order chi connectivity index (χ1) is 31.1. The maximum Gasteiger partial charge on any atom is 0.328 e. The van der Waals surface area contributed by atoms with Crippen LogP contribution >= 0.6 is 0 Å². The molecule has 2 aliphatic rings. The molecule has 18 nitrogen and oxygen atoms in total.